The Labute approximate surface area is 206 Å². The summed E-state index contributed by atoms with van der Waals surface area (Å²) in [5.41, 5.74) is 6.56. The van der Waals surface area contributed by atoms with Crippen molar-refractivity contribution in [3.8, 4) is 17.2 Å². The number of hydrogen-bond acceptors (Lipinski definition) is 6. The molecular formula is C27H21FN6S. The molecule has 0 saturated carbocycles. The number of nitrogens with one attached hydrogen (secondary N) is 1. The van der Waals surface area contributed by atoms with Crippen molar-refractivity contribution in [1.29, 1.82) is 5.26 Å². The fraction of sp³-hybridized carbons (Fsp3) is 0.111. The zero-order chi connectivity index (χ0) is 24.5. The number of rotatable bonds is 5. The van der Waals surface area contributed by atoms with E-state index in [0.717, 1.165) is 43.3 Å². The molecule has 0 spiro atoms. The normalized spacial score (nSPS) is 10.9. The van der Waals surface area contributed by atoms with Crippen LogP contribution in [0.15, 0.2) is 77.0 Å². The standard InChI is InChI=1S/C27H21FN6S/c1-16-12-19(21-8-10-30-15-22(21)28)13-17(2)25(16)35-26-24-23(9-11-34(24)3)32-27(33-26)31-20-6-4-18(14-29)5-7-20/h4-13,15H,1-3H3,(H,31,32,33). The molecule has 0 radical (unpaired) electrons. The summed E-state index contributed by atoms with van der Waals surface area (Å²) < 4.78 is 16.3. The highest BCUT2D eigenvalue weighted by Gasteiger charge is 2.17. The van der Waals surface area contributed by atoms with Gasteiger partial charge in [0, 0.05) is 35.6 Å². The molecule has 0 aliphatic rings. The molecule has 0 unspecified atom stereocenters. The molecule has 1 N–H and O–H groups in total. The number of aryl methyl sites for hydroxylation is 3. The Kier molecular flexibility index (Phi) is 5.93. The first kappa shape index (κ1) is 22.6. The first-order valence-corrected chi connectivity index (χ1v) is 11.7. The summed E-state index contributed by atoms with van der Waals surface area (Å²) in [6.07, 6.45) is 4.79. The first-order chi connectivity index (χ1) is 16.9. The third-order valence-electron chi connectivity index (χ3n) is 5.70. The predicted molar refractivity (Wildman–Crippen MR) is 136 cm³/mol. The highest BCUT2D eigenvalue weighted by Crippen LogP contribution is 2.38. The molecule has 0 saturated heterocycles. The van der Waals surface area contributed by atoms with Gasteiger partial charge in [0.2, 0.25) is 5.95 Å². The smallest absolute Gasteiger partial charge is 0.228 e. The van der Waals surface area contributed by atoms with Gasteiger partial charge < -0.3 is 9.88 Å². The maximum atomic E-state index is 14.3. The van der Waals surface area contributed by atoms with Crippen molar-refractivity contribution in [1.82, 2.24) is 19.5 Å². The molecule has 2 aromatic carbocycles. The van der Waals surface area contributed by atoms with Crippen molar-refractivity contribution >= 4 is 34.4 Å². The SMILES string of the molecule is Cc1cc(-c2ccncc2F)cc(C)c1Sc1nc(Nc2ccc(C#N)cc2)nc2ccn(C)c12. The summed E-state index contributed by atoms with van der Waals surface area (Å²) >= 11 is 1.57. The Morgan fingerprint density at radius 1 is 1.03 bits per heavy atom. The van der Waals surface area contributed by atoms with Gasteiger partial charge in [0.15, 0.2) is 0 Å². The summed E-state index contributed by atoms with van der Waals surface area (Å²) in [6, 6.07) is 16.9. The van der Waals surface area contributed by atoms with Crippen LogP contribution in [0.5, 0.6) is 0 Å². The molecule has 5 aromatic rings. The maximum absolute atomic E-state index is 14.3. The summed E-state index contributed by atoms with van der Waals surface area (Å²) in [5.74, 6) is 0.133. The second-order valence-electron chi connectivity index (χ2n) is 8.22. The largest absolute Gasteiger partial charge is 0.347 e. The fourth-order valence-corrected chi connectivity index (χ4v) is 5.12. The van der Waals surface area contributed by atoms with Gasteiger partial charge in [0.1, 0.15) is 10.8 Å². The highest BCUT2D eigenvalue weighted by molar-refractivity contribution is 7.99. The van der Waals surface area contributed by atoms with Gasteiger partial charge in [-0.15, -0.1) is 0 Å². The first-order valence-electron chi connectivity index (χ1n) is 10.9. The minimum atomic E-state index is -0.341. The van der Waals surface area contributed by atoms with Crippen LogP contribution in [0.1, 0.15) is 16.7 Å². The molecule has 0 amide bonds. The van der Waals surface area contributed by atoms with Crippen molar-refractivity contribution in [3.05, 3.63) is 89.6 Å². The lowest BCUT2D eigenvalue weighted by Crippen LogP contribution is -2.01. The van der Waals surface area contributed by atoms with Crippen LogP contribution in [0, 0.1) is 31.0 Å². The number of anilines is 2. The van der Waals surface area contributed by atoms with Crippen LogP contribution in [-0.4, -0.2) is 19.5 Å². The van der Waals surface area contributed by atoms with E-state index >= 15 is 0 Å². The summed E-state index contributed by atoms with van der Waals surface area (Å²) in [6.45, 7) is 4.05. The molecule has 0 aliphatic heterocycles. The van der Waals surface area contributed by atoms with E-state index in [-0.39, 0.29) is 5.82 Å². The van der Waals surface area contributed by atoms with E-state index in [4.69, 9.17) is 10.2 Å². The van der Waals surface area contributed by atoms with Gasteiger partial charge >= 0.3 is 0 Å². The zero-order valence-electron chi connectivity index (χ0n) is 19.4. The van der Waals surface area contributed by atoms with E-state index in [2.05, 4.69) is 21.4 Å². The van der Waals surface area contributed by atoms with E-state index in [0.29, 0.717) is 17.1 Å². The Morgan fingerprint density at radius 2 is 1.77 bits per heavy atom. The van der Waals surface area contributed by atoms with Crippen LogP contribution >= 0.6 is 11.8 Å². The van der Waals surface area contributed by atoms with E-state index in [9.17, 15) is 4.39 Å². The van der Waals surface area contributed by atoms with Crippen LogP contribution in [-0.2, 0) is 7.05 Å². The van der Waals surface area contributed by atoms with Crippen molar-refractivity contribution in [3.63, 3.8) is 0 Å². The molecule has 172 valence electrons. The van der Waals surface area contributed by atoms with Crippen molar-refractivity contribution < 1.29 is 4.39 Å². The van der Waals surface area contributed by atoms with Crippen LogP contribution < -0.4 is 5.32 Å². The van der Waals surface area contributed by atoms with Crippen LogP contribution in [0.4, 0.5) is 16.0 Å². The number of fused-ring (bicyclic) bond motifs is 1. The minimum Gasteiger partial charge on any atom is -0.347 e. The molecule has 3 aromatic heterocycles. The van der Waals surface area contributed by atoms with Crippen LogP contribution in [0.25, 0.3) is 22.2 Å². The molecule has 5 rings (SSSR count). The van der Waals surface area contributed by atoms with Gasteiger partial charge in [-0.2, -0.15) is 5.26 Å². The van der Waals surface area contributed by atoms with Gasteiger partial charge in [-0.3, -0.25) is 4.98 Å². The van der Waals surface area contributed by atoms with E-state index < -0.39 is 0 Å². The maximum Gasteiger partial charge on any atom is 0.228 e. The predicted octanol–water partition coefficient (Wildman–Crippen LogP) is 6.55. The topological polar surface area (TPSA) is 79.4 Å². The van der Waals surface area contributed by atoms with Crippen molar-refractivity contribution in [2.45, 2.75) is 23.8 Å². The number of pyridine rings is 1. The third kappa shape index (κ3) is 4.46. The third-order valence-corrected chi connectivity index (χ3v) is 7.03. The van der Waals surface area contributed by atoms with Crippen molar-refractivity contribution in [2.24, 2.45) is 7.05 Å². The zero-order valence-corrected chi connectivity index (χ0v) is 20.2. The Balaban J connectivity index is 1.53. The lowest BCUT2D eigenvalue weighted by Gasteiger charge is -2.14. The van der Waals surface area contributed by atoms with Crippen molar-refractivity contribution in [2.75, 3.05) is 5.32 Å². The van der Waals surface area contributed by atoms with Gasteiger partial charge in [-0.25, -0.2) is 14.4 Å². The summed E-state index contributed by atoms with van der Waals surface area (Å²) in [5, 5.41) is 13.1. The van der Waals surface area contributed by atoms with Crippen LogP contribution in [0.3, 0.4) is 0 Å². The second kappa shape index (κ2) is 9.20. The molecule has 0 aliphatic carbocycles. The van der Waals surface area contributed by atoms with E-state index in [1.165, 1.54) is 6.20 Å². The molecule has 0 atom stereocenters. The van der Waals surface area contributed by atoms with E-state index in [1.807, 2.05) is 62.0 Å². The second-order valence-corrected chi connectivity index (χ2v) is 9.22. The molecule has 35 heavy (non-hydrogen) atoms. The lowest BCUT2D eigenvalue weighted by molar-refractivity contribution is 0.625. The molecule has 8 heteroatoms. The monoisotopic (exact) mass is 480 g/mol. The molecule has 6 nitrogen and oxygen atoms in total. The molecule has 0 bridgehead atoms. The number of nitrogens with zero attached hydrogens (tertiary/aromatic N) is 5. The number of nitriles is 1. The summed E-state index contributed by atoms with van der Waals surface area (Å²) in [7, 11) is 1.97. The highest BCUT2D eigenvalue weighted by atomic mass is 32.2. The van der Waals surface area contributed by atoms with Gasteiger partial charge in [0.25, 0.3) is 0 Å². The number of halogens is 1. The quantitative estimate of drug-likeness (QED) is 0.287. The fourth-order valence-electron chi connectivity index (χ4n) is 4.01. The Morgan fingerprint density at radius 3 is 2.46 bits per heavy atom. The Hall–Kier alpha value is -4.22. The lowest BCUT2D eigenvalue weighted by atomic mass is 10.0. The number of hydrogen-bond donors (Lipinski definition) is 1. The average Bonchev–Trinajstić information content (AvgIpc) is 3.22. The minimum absolute atomic E-state index is 0.341. The Bertz CT molecular complexity index is 1580. The molecular weight excluding hydrogens is 459 g/mol. The average molecular weight is 481 g/mol. The number of benzene rings is 2. The number of aromatic nitrogens is 4. The van der Waals surface area contributed by atoms with Gasteiger partial charge in [-0.05, 0) is 66.9 Å². The molecule has 0 fully saturated rings. The van der Waals surface area contributed by atoms with Crippen LogP contribution in [0.2, 0.25) is 0 Å². The van der Waals surface area contributed by atoms with Gasteiger partial charge in [-0.1, -0.05) is 23.9 Å². The van der Waals surface area contributed by atoms with E-state index in [1.54, 1.807) is 36.2 Å². The summed E-state index contributed by atoms with van der Waals surface area (Å²) in [4.78, 5) is 14.4. The van der Waals surface area contributed by atoms with Gasteiger partial charge in [0.05, 0.1) is 28.9 Å². The molecule has 3 heterocycles.